The standard InChI is InChI=1S/C13H14F3NO/c1-12(2)7-11(18)8-17(12)10-5-3-4-9(6-10)13(14,15)16/h3-6H,7-8H2,1-2H3. The second-order valence-electron chi connectivity index (χ2n) is 5.16. The number of Topliss-reactive ketones (excluding diaryl/α,β-unsaturated/α-hetero) is 1. The second kappa shape index (κ2) is 4.00. The van der Waals surface area contributed by atoms with E-state index in [9.17, 15) is 18.0 Å². The zero-order valence-corrected chi connectivity index (χ0v) is 10.2. The van der Waals surface area contributed by atoms with Gasteiger partial charge in [-0.15, -0.1) is 0 Å². The molecule has 18 heavy (non-hydrogen) atoms. The van der Waals surface area contributed by atoms with Crippen molar-refractivity contribution in [1.29, 1.82) is 0 Å². The number of anilines is 1. The Morgan fingerprint density at radius 2 is 1.94 bits per heavy atom. The number of nitrogens with zero attached hydrogens (tertiary/aromatic N) is 1. The van der Waals surface area contributed by atoms with E-state index in [0.717, 1.165) is 12.1 Å². The molecule has 1 aromatic rings. The Labute approximate surface area is 103 Å². The normalized spacial score (nSPS) is 19.4. The largest absolute Gasteiger partial charge is 0.416 e. The molecule has 0 aromatic heterocycles. The van der Waals surface area contributed by atoms with Crippen LogP contribution in [0.3, 0.4) is 0 Å². The number of rotatable bonds is 1. The van der Waals surface area contributed by atoms with Gasteiger partial charge in [0.15, 0.2) is 5.78 Å². The Morgan fingerprint density at radius 1 is 1.28 bits per heavy atom. The van der Waals surface area contributed by atoms with Crippen LogP contribution in [0.2, 0.25) is 0 Å². The fraction of sp³-hybridized carbons (Fsp3) is 0.462. The summed E-state index contributed by atoms with van der Waals surface area (Å²) in [6, 6.07) is 5.11. The highest BCUT2D eigenvalue weighted by Gasteiger charge is 2.38. The van der Waals surface area contributed by atoms with Gasteiger partial charge in [-0.2, -0.15) is 13.2 Å². The van der Waals surface area contributed by atoms with Gasteiger partial charge in [-0.1, -0.05) is 6.07 Å². The van der Waals surface area contributed by atoms with Crippen molar-refractivity contribution < 1.29 is 18.0 Å². The maximum atomic E-state index is 12.6. The molecule has 0 aliphatic carbocycles. The van der Waals surface area contributed by atoms with E-state index in [1.165, 1.54) is 6.07 Å². The van der Waals surface area contributed by atoms with E-state index in [-0.39, 0.29) is 12.3 Å². The maximum Gasteiger partial charge on any atom is 0.416 e. The number of halogens is 3. The number of hydrogen-bond donors (Lipinski definition) is 0. The zero-order valence-electron chi connectivity index (χ0n) is 10.2. The lowest BCUT2D eigenvalue weighted by Gasteiger charge is -2.33. The highest BCUT2D eigenvalue weighted by molar-refractivity contribution is 5.89. The minimum absolute atomic E-state index is 0.0532. The van der Waals surface area contributed by atoms with Gasteiger partial charge in [0.1, 0.15) is 0 Å². The van der Waals surface area contributed by atoms with Gasteiger partial charge in [0, 0.05) is 17.6 Å². The number of alkyl halides is 3. The van der Waals surface area contributed by atoms with Crippen LogP contribution in [-0.2, 0) is 11.0 Å². The number of benzene rings is 1. The molecule has 0 saturated carbocycles. The Kier molecular flexibility index (Phi) is 2.87. The quantitative estimate of drug-likeness (QED) is 0.769. The van der Waals surface area contributed by atoms with Crippen LogP contribution in [0.1, 0.15) is 25.8 Å². The van der Waals surface area contributed by atoms with Gasteiger partial charge >= 0.3 is 6.18 Å². The van der Waals surface area contributed by atoms with Crippen LogP contribution in [0.5, 0.6) is 0 Å². The van der Waals surface area contributed by atoms with E-state index in [4.69, 9.17) is 0 Å². The summed E-state index contributed by atoms with van der Waals surface area (Å²) in [6.07, 6.45) is -3.99. The number of ketones is 1. The Bertz CT molecular complexity index is 479. The monoisotopic (exact) mass is 257 g/mol. The van der Waals surface area contributed by atoms with Crippen molar-refractivity contribution in [3.05, 3.63) is 29.8 Å². The summed E-state index contributed by atoms with van der Waals surface area (Å²) in [6.45, 7) is 3.89. The molecule has 0 atom stereocenters. The van der Waals surface area contributed by atoms with Gasteiger partial charge in [-0.3, -0.25) is 4.79 Å². The van der Waals surface area contributed by atoms with E-state index in [0.29, 0.717) is 12.1 Å². The molecule has 1 aromatic carbocycles. The minimum Gasteiger partial charge on any atom is -0.359 e. The predicted molar refractivity (Wildman–Crippen MR) is 62.5 cm³/mol. The SMILES string of the molecule is CC1(C)CC(=O)CN1c1cccc(C(F)(F)F)c1. The Morgan fingerprint density at radius 3 is 2.44 bits per heavy atom. The summed E-state index contributed by atoms with van der Waals surface area (Å²) in [5.41, 5.74) is -0.669. The van der Waals surface area contributed by atoms with Crippen LogP contribution >= 0.6 is 0 Å². The van der Waals surface area contributed by atoms with Gasteiger partial charge in [0.05, 0.1) is 12.1 Å². The van der Waals surface area contributed by atoms with Crippen molar-refractivity contribution in [2.45, 2.75) is 32.0 Å². The molecule has 1 fully saturated rings. The third-order valence-electron chi connectivity index (χ3n) is 3.18. The highest BCUT2D eigenvalue weighted by atomic mass is 19.4. The first-order valence-electron chi connectivity index (χ1n) is 5.67. The van der Waals surface area contributed by atoms with E-state index < -0.39 is 17.3 Å². The maximum absolute atomic E-state index is 12.6. The number of carbonyl (C=O) groups is 1. The smallest absolute Gasteiger partial charge is 0.359 e. The summed E-state index contributed by atoms with van der Waals surface area (Å²) in [7, 11) is 0. The van der Waals surface area contributed by atoms with Crippen molar-refractivity contribution in [1.82, 2.24) is 0 Å². The molecule has 1 aliphatic rings. The average molecular weight is 257 g/mol. The summed E-state index contributed by atoms with van der Waals surface area (Å²) in [4.78, 5) is 13.2. The van der Waals surface area contributed by atoms with Gasteiger partial charge < -0.3 is 4.90 Å². The molecular weight excluding hydrogens is 243 g/mol. The van der Waals surface area contributed by atoms with Crippen LogP contribution in [0.15, 0.2) is 24.3 Å². The molecule has 0 spiro atoms. The zero-order chi connectivity index (χ0) is 13.6. The molecule has 98 valence electrons. The first kappa shape index (κ1) is 12.9. The fourth-order valence-corrected chi connectivity index (χ4v) is 2.32. The molecule has 0 unspecified atom stereocenters. The summed E-state index contributed by atoms with van der Waals surface area (Å²) >= 11 is 0. The van der Waals surface area contributed by atoms with Crippen molar-refractivity contribution in [3.8, 4) is 0 Å². The van der Waals surface area contributed by atoms with Crippen LogP contribution in [-0.4, -0.2) is 17.9 Å². The third-order valence-corrected chi connectivity index (χ3v) is 3.18. The van der Waals surface area contributed by atoms with Crippen molar-refractivity contribution in [2.75, 3.05) is 11.4 Å². The highest BCUT2D eigenvalue weighted by Crippen LogP contribution is 2.36. The molecule has 1 heterocycles. The lowest BCUT2D eigenvalue weighted by atomic mass is 10.0. The van der Waals surface area contributed by atoms with E-state index >= 15 is 0 Å². The second-order valence-corrected chi connectivity index (χ2v) is 5.16. The van der Waals surface area contributed by atoms with Gasteiger partial charge in [0.25, 0.3) is 0 Å². The fourth-order valence-electron chi connectivity index (χ4n) is 2.32. The molecule has 1 aliphatic heterocycles. The van der Waals surface area contributed by atoms with Crippen molar-refractivity contribution in [2.24, 2.45) is 0 Å². The van der Waals surface area contributed by atoms with Crippen LogP contribution < -0.4 is 4.90 Å². The minimum atomic E-state index is -4.36. The number of carbonyl (C=O) groups excluding carboxylic acids is 1. The molecular formula is C13H14F3NO. The van der Waals surface area contributed by atoms with Gasteiger partial charge in [-0.05, 0) is 32.0 Å². The molecule has 2 rings (SSSR count). The molecule has 1 saturated heterocycles. The molecule has 0 N–H and O–H groups in total. The van der Waals surface area contributed by atoms with Crippen LogP contribution in [0.25, 0.3) is 0 Å². The molecule has 5 heteroatoms. The summed E-state index contributed by atoms with van der Waals surface area (Å²) in [5, 5.41) is 0. The molecule has 0 amide bonds. The van der Waals surface area contributed by atoms with E-state index in [1.54, 1.807) is 11.0 Å². The number of hydrogen-bond acceptors (Lipinski definition) is 2. The Hall–Kier alpha value is -1.52. The lowest BCUT2D eigenvalue weighted by molar-refractivity contribution is -0.137. The molecule has 0 radical (unpaired) electrons. The predicted octanol–water partition coefficient (Wildman–Crippen LogP) is 3.26. The van der Waals surface area contributed by atoms with Crippen molar-refractivity contribution >= 4 is 11.5 Å². The lowest BCUT2D eigenvalue weighted by Crippen LogP contribution is -2.38. The Balaban J connectivity index is 2.38. The van der Waals surface area contributed by atoms with Crippen molar-refractivity contribution in [3.63, 3.8) is 0 Å². The van der Waals surface area contributed by atoms with Crippen LogP contribution in [0.4, 0.5) is 18.9 Å². The first-order valence-corrected chi connectivity index (χ1v) is 5.67. The molecule has 0 bridgehead atoms. The topological polar surface area (TPSA) is 20.3 Å². The molecule has 2 nitrogen and oxygen atoms in total. The van der Waals surface area contributed by atoms with E-state index in [2.05, 4.69) is 0 Å². The van der Waals surface area contributed by atoms with Crippen LogP contribution in [0, 0.1) is 0 Å². The van der Waals surface area contributed by atoms with Gasteiger partial charge in [-0.25, -0.2) is 0 Å². The first-order chi connectivity index (χ1) is 8.20. The average Bonchev–Trinajstić information content (AvgIpc) is 2.51. The summed E-state index contributed by atoms with van der Waals surface area (Å²) < 4.78 is 37.9. The third kappa shape index (κ3) is 2.35. The van der Waals surface area contributed by atoms with Gasteiger partial charge in [0.2, 0.25) is 0 Å². The summed E-state index contributed by atoms with van der Waals surface area (Å²) in [5.74, 6) is 0.0532. The van der Waals surface area contributed by atoms with E-state index in [1.807, 2.05) is 13.8 Å².